The lowest BCUT2D eigenvalue weighted by Gasteiger charge is -2.21. The number of hydrogen-bond donors (Lipinski definition) is 1. The van der Waals surface area contributed by atoms with Crippen molar-refractivity contribution in [3.05, 3.63) is 66.2 Å². The smallest absolute Gasteiger partial charge is 0.406 e. The number of aromatic nitrogens is 3. The molecule has 7 nitrogen and oxygen atoms in total. The number of nitrogens with zero attached hydrogens (tertiary/aromatic N) is 4. The lowest BCUT2D eigenvalue weighted by Crippen LogP contribution is -2.35. The molecule has 1 atom stereocenters. The summed E-state index contributed by atoms with van der Waals surface area (Å²) in [6.45, 7) is 2.91. The Morgan fingerprint density at radius 3 is 2.47 bits per heavy atom. The highest BCUT2D eigenvalue weighted by atomic mass is 19.4. The number of halogens is 3. The molecule has 1 fully saturated rings. The summed E-state index contributed by atoms with van der Waals surface area (Å²) in [6.07, 6.45) is -2.83. The number of hydrogen-bond acceptors (Lipinski definition) is 5. The van der Waals surface area contributed by atoms with E-state index in [1.54, 1.807) is 9.47 Å². The fourth-order valence-corrected chi connectivity index (χ4v) is 3.74. The highest BCUT2D eigenvalue weighted by Crippen LogP contribution is 2.25. The van der Waals surface area contributed by atoms with Crippen molar-refractivity contribution in [2.45, 2.75) is 38.7 Å². The molecule has 0 unspecified atom stereocenters. The monoisotopic (exact) mass is 445 g/mol. The van der Waals surface area contributed by atoms with Crippen molar-refractivity contribution < 1.29 is 22.7 Å². The van der Waals surface area contributed by atoms with Crippen molar-refractivity contribution in [3.8, 4) is 11.4 Å². The Morgan fingerprint density at radius 1 is 1.12 bits per heavy atom. The third-order valence-corrected chi connectivity index (χ3v) is 5.29. The Balaban J connectivity index is 1.56. The van der Waals surface area contributed by atoms with E-state index in [-0.39, 0.29) is 30.1 Å². The fourth-order valence-electron chi connectivity index (χ4n) is 3.74. The summed E-state index contributed by atoms with van der Waals surface area (Å²) in [4.78, 5) is 15.0. The number of nitrogens with one attached hydrogen (secondary N) is 1. The summed E-state index contributed by atoms with van der Waals surface area (Å²) in [5.41, 5.74) is 1.32. The van der Waals surface area contributed by atoms with Crippen molar-refractivity contribution >= 4 is 11.6 Å². The van der Waals surface area contributed by atoms with Gasteiger partial charge in [0.05, 0.1) is 6.54 Å². The average Bonchev–Trinajstić information content (AvgIpc) is 3.38. The Kier molecular flexibility index (Phi) is 6.02. The van der Waals surface area contributed by atoms with Crippen LogP contribution < -0.4 is 10.1 Å². The number of benzene rings is 2. The summed E-state index contributed by atoms with van der Waals surface area (Å²) in [5.74, 6) is 0.257. The van der Waals surface area contributed by atoms with Gasteiger partial charge < -0.3 is 15.0 Å². The predicted molar refractivity (Wildman–Crippen MR) is 112 cm³/mol. The second kappa shape index (κ2) is 8.89. The summed E-state index contributed by atoms with van der Waals surface area (Å²) in [5, 5.41) is 11.5. The zero-order valence-corrected chi connectivity index (χ0v) is 17.3. The van der Waals surface area contributed by atoms with Crippen molar-refractivity contribution in [2.24, 2.45) is 0 Å². The Labute approximate surface area is 182 Å². The first-order valence-corrected chi connectivity index (χ1v) is 10.2. The molecule has 0 spiro atoms. The molecule has 2 heterocycles. The molecule has 1 saturated heterocycles. The number of anilines is 1. The van der Waals surface area contributed by atoms with Crippen LogP contribution >= 0.6 is 0 Å². The molecule has 3 aromatic rings. The zero-order chi connectivity index (χ0) is 22.7. The number of alkyl halides is 3. The van der Waals surface area contributed by atoms with Gasteiger partial charge in [0.2, 0.25) is 5.82 Å². The lowest BCUT2D eigenvalue weighted by atomic mass is 10.2. The van der Waals surface area contributed by atoms with Gasteiger partial charge >= 0.3 is 6.36 Å². The molecule has 4 rings (SSSR count). The molecule has 32 heavy (non-hydrogen) atoms. The van der Waals surface area contributed by atoms with E-state index in [1.807, 2.05) is 37.3 Å². The second-order valence-electron chi connectivity index (χ2n) is 7.53. The molecule has 1 N–H and O–H groups in total. The molecular weight excluding hydrogens is 423 g/mol. The normalized spacial score (nSPS) is 16.2. The van der Waals surface area contributed by atoms with E-state index in [0.29, 0.717) is 18.1 Å². The maximum Gasteiger partial charge on any atom is 0.573 e. The van der Waals surface area contributed by atoms with Crippen molar-refractivity contribution in [1.29, 1.82) is 0 Å². The first-order chi connectivity index (χ1) is 15.3. The van der Waals surface area contributed by atoms with Crippen LogP contribution in [0.15, 0.2) is 54.6 Å². The van der Waals surface area contributed by atoms with Crippen LogP contribution in [-0.4, -0.2) is 44.5 Å². The van der Waals surface area contributed by atoms with Crippen LogP contribution in [0, 0.1) is 0 Å². The zero-order valence-electron chi connectivity index (χ0n) is 17.3. The van der Waals surface area contributed by atoms with Crippen LogP contribution in [0.2, 0.25) is 0 Å². The molecule has 168 valence electrons. The quantitative estimate of drug-likeness (QED) is 0.609. The molecule has 0 bridgehead atoms. The number of carbonyl (C=O) groups is 1. The Bertz CT molecular complexity index is 1070. The standard InChI is InChI=1S/C22H22F3N5O2/c1-15-6-5-13-29(15)21(31)20-28-27-19(30(20)17-7-3-2-4-8-17)14-26-16-9-11-18(12-10-16)32-22(23,24)25/h2-4,7-12,15,26H,5-6,13-14H2,1H3/t15-/m0/s1. The van der Waals surface area contributed by atoms with Gasteiger partial charge in [-0.3, -0.25) is 9.36 Å². The van der Waals surface area contributed by atoms with E-state index in [4.69, 9.17) is 0 Å². The van der Waals surface area contributed by atoms with E-state index < -0.39 is 6.36 Å². The molecule has 0 aliphatic carbocycles. The van der Waals surface area contributed by atoms with Gasteiger partial charge in [0.1, 0.15) is 5.75 Å². The summed E-state index contributed by atoms with van der Waals surface area (Å²) >= 11 is 0. The van der Waals surface area contributed by atoms with Gasteiger partial charge in [-0.05, 0) is 56.2 Å². The number of amides is 1. The van der Waals surface area contributed by atoms with Crippen LogP contribution in [0.5, 0.6) is 5.75 Å². The second-order valence-corrected chi connectivity index (χ2v) is 7.53. The first-order valence-electron chi connectivity index (χ1n) is 10.2. The molecule has 0 radical (unpaired) electrons. The van der Waals surface area contributed by atoms with Gasteiger partial charge in [-0.25, -0.2) is 0 Å². The molecule has 0 saturated carbocycles. The van der Waals surface area contributed by atoms with Gasteiger partial charge in [0.15, 0.2) is 5.82 Å². The number of ether oxygens (including phenoxy) is 1. The molecule has 1 aliphatic rings. The minimum absolute atomic E-state index is 0.141. The van der Waals surface area contributed by atoms with E-state index in [0.717, 1.165) is 18.5 Å². The Hall–Kier alpha value is -3.56. The maximum absolute atomic E-state index is 13.2. The van der Waals surface area contributed by atoms with Crippen LogP contribution in [0.4, 0.5) is 18.9 Å². The third-order valence-electron chi connectivity index (χ3n) is 5.29. The topological polar surface area (TPSA) is 72.3 Å². The van der Waals surface area contributed by atoms with Crippen LogP contribution in [0.25, 0.3) is 5.69 Å². The van der Waals surface area contributed by atoms with Crippen LogP contribution in [0.1, 0.15) is 36.2 Å². The summed E-state index contributed by atoms with van der Waals surface area (Å²) < 4.78 is 42.6. The molecule has 1 aliphatic heterocycles. The van der Waals surface area contributed by atoms with E-state index in [1.165, 1.54) is 24.3 Å². The number of carbonyl (C=O) groups excluding carboxylic acids is 1. The van der Waals surface area contributed by atoms with Crippen molar-refractivity contribution in [1.82, 2.24) is 19.7 Å². The average molecular weight is 445 g/mol. The number of rotatable bonds is 6. The van der Waals surface area contributed by atoms with E-state index in [9.17, 15) is 18.0 Å². The highest BCUT2D eigenvalue weighted by Gasteiger charge is 2.32. The molecule has 2 aromatic carbocycles. The summed E-state index contributed by atoms with van der Waals surface area (Å²) in [6, 6.07) is 14.9. The van der Waals surface area contributed by atoms with E-state index >= 15 is 0 Å². The molecule has 1 amide bonds. The number of para-hydroxylation sites is 1. The number of likely N-dealkylation sites (tertiary alicyclic amines) is 1. The first kappa shape index (κ1) is 21.7. The maximum atomic E-state index is 13.2. The minimum Gasteiger partial charge on any atom is -0.406 e. The van der Waals surface area contributed by atoms with Crippen LogP contribution in [-0.2, 0) is 6.54 Å². The van der Waals surface area contributed by atoms with Crippen molar-refractivity contribution in [3.63, 3.8) is 0 Å². The third kappa shape index (κ3) is 4.84. The Morgan fingerprint density at radius 2 is 1.84 bits per heavy atom. The molecule has 1 aromatic heterocycles. The molecular formula is C22H22F3N5O2. The van der Waals surface area contributed by atoms with Crippen LogP contribution in [0.3, 0.4) is 0 Å². The predicted octanol–water partition coefficient (Wildman–Crippen LogP) is 4.40. The van der Waals surface area contributed by atoms with Gasteiger partial charge in [-0.15, -0.1) is 23.4 Å². The SMILES string of the molecule is C[C@H]1CCCN1C(=O)c1nnc(CNc2ccc(OC(F)(F)F)cc2)n1-c1ccccc1. The van der Waals surface area contributed by atoms with Gasteiger partial charge in [-0.1, -0.05) is 18.2 Å². The van der Waals surface area contributed by atoms with Gasteiger partial charge in [0.25, 0.3) is 5.91 Å². The van der Waals surface area contributed by atoms with Gasteiger partial charge in [0, 0.05) is 24.0 Å². The lowest BCUT2D eigenvalue weighted by molar-refractivity contribution is -0.274. The highest BCUT2D eigenvalue weighted by molar-refractivity contribution is 5.91. The van der Waals surface area contributed by atoms with Crippen molar-refractivity contribution in [2.75, 3.05) is 11.9 Å². The fraction of sp³-hybridized carbons (Fsp3) is 0.318. The molecule has 10 heteroatoms. The largest absolute Gasteiger partial charge is 0.573 e. The van der Waals surface area contributed by atoms with E-state index in [2.05, 4.69) is 20.3 Å². The summed E-state index contributed by atoms with van der Waals surface area (Å²) in [7, 11) is 0. The minimum atomic E-state index is -4.74. The van der Waals surface area contributed by atoms with Gasteiger partial charge in [-0.2, -0.15) is 0 Å².